The second-order valence-corrected chi connectivity index (χ2v) is 6.33. The largest absolute Gasteiger partial charge is 0.342 e. The van der Waals surface area contributed by atoms with E-state index >= 15 is 0 Å². The van der Waals surface area contributed by atoms with Crippen LogP contribution in [-0.2, 0) is 7.05 Å². The minimum absolute atomic E-state index is 0.290. The molecule has 9 nitrogen and oxygen atoms in total. The summed E-state index contributed by atoms with van der Waals surface area (Å²) in [5.74, 6) is 0.253. The number of aromatic nitrogens is 4. The highest BCUT2D eigenvalue weighted by Gasteiger charge is 2.17. The maximum Gasteiger partial charge on any atom is 0.323 e. The van der Waals surface area contributed by atoms with Gasteiger partial charge in [-0.25, -0.2) is 9.48 Å². The lowest BCUT2D eigenvalue weighted by atomic mass is 10.1. The molecule has 0 radical (unpaired) electrons. The summed E-state index contributed by atoms with van der Waals surface area (Å²) in [6.45, 7) is 3.65. The normalized spacial score (nSPS) is 11.5. The van der Waals surface area contributed by atoms with Gasteiger partial charge in [0, 0.05) is 24.0 Å². The van der Waals surface area contributed by atoms with Gasteiger partial charge in [-0.15, -0.1) is 5.10 Å². The summed E-state index contributed by atoms with van der Waals surface area (Å²) in [5.41, 5.74) is 2.49. The molecule has 0 spiro atoms. The molecule has 0 saturated carbocycles. The van der Waals surface area contributed by atoms with Gasteiger partial charge in [-0.2, -0.15) is 0 Å². The third-order valence-corrected chi connectivity index (χ3v) is 4.17. The zero-order chi connectivity index (χ0) is 20.1. The molecule has 0 fully saturated rings. The predicted molar refractivity (Wildman–Crippen MR) is 105 cm³/mol. The standard InChI is InChI=1S/C19H21N7O2/c1-12-9-10-14(18(27)20-13(2)17-23-24-25-26(17)3)11-16(12)22-19(28)21-15-7-5-4-6-8-15/h4-11,13H,1-3H3,(H,20,27)(H2,21,22,28). The van der Waals surface area contributed by atoms with Gasteiger partial charge in [0.05, 0.1) is 6.04 Å². The van der Waals surface area contributed by atoms with Crippen LogP contribution in [0, 0.1) is 6.92 Å². The molecule has 0 bridgehead atoms. The molecule has 1 heterocycles. The zero-order valence-electron chi connectivity index (χ0n) is 15.8. The number of hydrogen-bond acceptors (Lipinski definition) is 5. The number of anilines is 2. The number of carbonyl (C=O) groups is 2. The first-order valence-corrected chi connectivity index (χ1v) is 8.71. The quantitative estimate of drug-likeness (QED) is 0.631. The van der Waals surface area contributed by atoms with Crippen molar-refractivity contribution in [3.05, 3.63) is 65.5 Å². The Morgan fingerprint density at radius 2 is 1.82 bits per heavy atom. The Morgan fingerprint density at radius 3 is 2.50 bits per heavy atom. The van der Waals surface area contributed by atoms with E-state index in [1.54, 1.807) is 44.3 Å². The van der Waals surface area contributed by atoms with Crippen LogP contribution in [0.25, 0.3) is 0 Å². The third-order valence-electron chi connectivity index (χ3n) is 4.17. The molecule has 3 rings (SSSR count). The Hall–Kier alpha value is -3.75. The Kier molecular flexibility index (Phi) is 5.64. The fourth-order valence-corrected chi connectivity index (χ4v) is 2.65. The number of carbonyl (C=O) groups excluding carboxylic acids is 2. The topological polar surface area (TPSA) is 114 Å². The number of urea groups is 1. The van der Waals surface area contributed by atoms with Crippen molar-refractivity contribution >= 4 is 23.3 Å². The van der Waals surface area contributed by atoms with Gasteiger partial charge >= 0.3 is 6.03 Å². The lowest BCUT2D eigenvalue weighted by Crippen LogP contribution is -2.28. The van der Waals surface area contributed by atoms with Crippen molar-refractivity contribution in [1.29, 1.82) is 0 Å². The lowest BCUT2D eigenvalue weighted by molar-refractivity contribution is 0.0937. The van der Waals surface area contributed by atoms with E-state index in [2.05, 4.69) is 31.5 Å². The molecule has 0 aliphatic rings. The molecule has 1 aromatic heterocycles. The zero-order valence-corrected chi connectivity index (χ0v) is 15.8. The minimum Gasteiger partial charge on any atom is -0.342 e. The van der Waals surface area contributed by atoms with E-state index in [0.29, 0.717) is 22.8 Å². The van der Waals surface area contributed by atoms with Gasteiger partial charge in [-0.1, -0.05) is 24.3 Å². The molecular formula is C19H21N7O2. The molecule has 1 atom stereocenters. The van der Waals surface area contributed by atoms with Gasteiger partial charge in [0.25, 0.3) is 5.91 Å². The third kappa shape index (κ3) is 4.50. The van der Waals surface area contributed by atoms with Gasteiger partial charge in [0.1, 0.15) is 0 Å². The molecule has 3 N–H and O–H groups in total. The highest BCUT2D eigenvalue weighted by Crippen LogP contribution is 2.18. The van der Waals surface area contributed by atoms with E-state index in [1.807, 2.05) is 25.1 Å². The summed E-state index contributed by atoms with van der Waals surface area (Å²) in [6.07, 6.45) is 0. The van der Waals surface area contributed by atoms with Crippen molar-refractivity contribution < 1.29 is 9.59 Å². The molecule has 0 aliphatic carbocycles. The van der Waals surface area contributed by atoms with Crippen LogP contribution >= 0.6 is 0 Å². The summed E-state index contributed by atoms with van der Waals surface area (Å²) in [4.78, 5) is 24.8. The van der Waals surface area contributed by atoms with Crippen LogP contribution in [0.5, 0.6) is 0 Å². The summed E-state index contributed by atoms with van der Waals surface area (Å²) >= 11 is 0. The van der Waals surface area contributed by atoms with Crippen molar-refractivity contribution in [2.45, 2.75) is 19.9 Å². The van der Waals surface area contributed by atoms with E-state index in [-0.39, 0.29) is 18.0 Å². The number of para-hydroxylation sites is 1. The van der Waals surface area contributed by atoms with E-state index in [4.69, 9.17) is 0 Å². The van der Waals surface area contributed by atoms with Crippen LogP contribution in [0.1, 0.15) is 34.7 Å². The van der Waals surface area contributed by atoms with Gasteiger partial charge in [0.15, 0.2) is 5.82 Å². The second-order valence-electron chi connectivity index (χ2n) is 6.33. The Labute approximate surface area is 162 Å². The highest BCUT2D eigenvalue weighted by atomic mass is 16.2. The van der Waals surface area contributed by atoms with Crippen LogP contribution in [-0.4, -0.2) is 32.1 Å². The Balaban J connectivity index is 1.69. The molecule has 0 saturated heterocycles. The lowest BCUT2D eigenvalue weighted by Gasteiger charge is -2.14. The van der Waals surface area contributed by atoms with Crippen LogP contribution < -0.4 is 16.0 Å². The number of hydrogen-bond donors (Lipinski definition) is 3. The van der Waals surface area contributed by atoms with Crippen molar-refractivity contribution in [2.75, 3.05) is 10.6 Å². The summed E-state index contributed by atoms with van der Waals surface area (Å²) in [6, 6.07) is 13.5. The van der Waals surface area contributed by atoms with Crippen LogP contribution in [0.4, 0.5) is 16.2 Å². The average Bonchev–Trinajstić information content (AvgIpc) is 3.10. The number of aryl methyl sites for hydroxylation is 2. The second kappa shape index (κ2) is 8.30. The maximum atomic E-state index is 12.6. The first-order valence-electron chi connectivity index (χ1n) is 8.71. The molecule has 2 aromatic carbocycles. The number of rotatable bonds is 5. The Morgan fingerprint density at radius 1 is 1.07 bits per heavy atom. The van der Waals surface area contributed by atoms with Crippen molar-refractivity contribution in [3.63, 3.8) is 0 Å². The first kappa shape index (κ1) is 19.0. The van der Waals surface area contributed by atoms with E-state index < -0.39 is 0 Å². The van der Waals surface area contributed by atoms with Gasteiger partial charge in [0.2, 0.25) is 0 Å². The molecule has 3 amide bonds. The molecule has 1 unspecified atom stereocenters. The summed E-state index contributed by atoms with van der Waals surface area (Å²) in [7, 11) is 1.71. The van der Waals surface area contributed by atoms with Crippen molar-refractivity contribution in [1.82, 2.24) is 25.5 Å². The monoisotopic (exact) mass is 379 g/mol. The molecule has 3 aromatic rings. The molecular weight excluding hydrogens is 358 g/mol. The van der Waals surface area contributed by atoms with Gasteiger partial charge in [-0.05, 0) is 54.1 Å². The summed E-state index contributed by atoms with van der Waals surface area (Å²) in [5, 5.41) is 19.6. The highest BCUT2D eigenvalue weighted by molar-refractivity contribution is 6.02. The number of benzene rings is 2. The van der Waals surface area contributed by atoms with Gasteiger partial charge in [-0.3, -0.25) is 4.79 Å². The van der Waals surface area contributed by atoms with E-state index in [1.165, 1.54) is 4.68 Å². The van der Waals surface area contributed by atoms with E-state index in [0.717, 1.165) is 5.56 Å². The first-order chi connectivity index (χ1) is 13.4. The van der Waals surface area contributed by atoms with Crippen LogP contribution in [0.2, 0.25) is 0 Å². The average molecular weight is 379 g/mol. The van der Waals surface area contributed by atoms with Gasteiger partial charge < -0.3 is 16.0 Å². The number of tetrazole rings is 1. The fourth-order valence-electron chi connectivity index (χ4n) is 2.65. The molecule has 144 valence electrons. The maximum absolute atomic E-state index is 12.6. The molecule has 9 heteroatoms. The van der Waals surface area contributed by atoms with Crippen LogP contribution in [0.15, 0.2) is 48.5 Å². The van der Waals surface area contributed by atoms with E-state index in [9.17, 15) is 9.59 Å². The number of nitrogens with zero attached hydrogens (tertiary/aromatic N) is 4. The van der Waals surface area contributed by atoms with Crippen LogP contribution in [0.3, 0.4) is 0 Å². The molecule has 0 aliphatic heterocycles. The smallest absolute Gasteiger partial charge is 0.323 e. The summed E-state index contributed by atoms with van der Waals surface area (Å²) < 4.78 is 1.50. The predicted octanol–water partition coefficient (Wildman–Crippen LogP) is 2.65. The number of nitrogens with one attached hydrogen (secondary N) is 3. The minimum atomic E-state index is -0.384. The number of amides is 3. The SMILES string of the molecule is Cc1ccc(C(=O)NC(C)c2nnnn2C)cc1NC(=O)Nc1ccccc1. The fraction of sp³-hybridized carbons (Fsp3) is 0.211. The Bertz CT molecular complexity index is 985. The van der Waals surface area contributed by atoms with Crippen molar-refractivity contribution in [3.8, 4) is 0 Å². The van der Waals surface area contributed by atoms with Crippen molar-refractivity contribution in [2.24, 2.45) is 7.05 Å². The molecule has 28 heavy (non-hydrogen) atoms.